The van der Waals surface area contributed by atoms with Crippen molar-refractivity contribution in [3.05, 3.63) is 94.6 Å². The van der Waals surface area contributed by atoms with Crippen LogP contribution < -0.4 is 0 Å². The van der Waals surface area contributed by atoms with Gasteiger partial charge in [0.2, 0.25) is 0 Å². The zero-order valence-corrected chi connectivity index (χ0v) is 12.2. The summed E-state index contributed by atoms with van der Waals surface area (Å²) in [6, 6.07) is 18.2. The van der Waals surface area contributed by atoms with Crippen molar-refractivity contribution < 1.29 is 0 Å². The van der Waals surface area contributed by atoms with Crippen molar-refractivity contribution in [2.24, 2.45) is 11.8 Å². The molecule has 0 heteroatoms. The highest BCUT2D eigenvalue weighted by molar-refractivity contribution is 5.58. The first-order valence-electron chi connectivity index (χ1n) is 7.89. The molecule has 0 spiro atoms. The zero-order chi connectivity index (χ0) is 14.0. The molecule has 0 amide bonds. The van der Waals surface area contributed by atoms with E-state index in [4.69, 9.17) is 0 Å². The van der Waals surface area contributed by atoms with E-state index in [1.165, 1.54) is 0 Å². The largest absolute Gasteiger partial charge is 0.0800 e. The minimum Gasteiger partial charge on any atom is -0.0800 e. The Morgan fingerprint density at radius 1 is 0.667 bits per heavy atom. The molecule has 0 N–H and O–H groups in total. The fourth-order valence-corrected chi connectivity index (χ4v) is 4.74. The lowest BCUT2D eigenvalue weighted by atomic mass is 9.59. The Morgan fingerprint density at radius 3 is 1.71 bits per heavy atom. The third-order valence-electron chi connectivity index (χ3n) is 5.60. The highest BCUT2D eigenvalue weighted by Crippen LogP contribution is 2.55. The Bertz CT molecular complexity index is 746. The summed E-state index contributed by atoms with van der Waals surface area (Å²) in [7, 11) is 0. The first kappa shape index (κ1) is 11.6. The lowest BCUT2D eigenvalue weighted by Crippen LogP contribution is -2.31. The van der Waals surface area contributed by atoms with Gasteiger partial charge in [0.15, 0.2) is 0 Å². The molecule has 0 aromatic heterocycles. The molecule has 2 aromatic rings. The molecule has 2 aromatic carbocycles. The van der Waals surface area contributed by atoms with E-state index >= 15 is 0 Å². The van der Waals surface area contributed by atoms with Crippen LogP contribution in [0.5, 0.6) is 0 Å². The minimum absolute atomic E-state index is 0.487. The summed E-state index contributed by atoms with van der Waals surface area (Å²) in [5, 5.41) is 0. The molecule has 4 bridgehead atoms. The highest BCUT2D eigenvalue weighted by atomic mass is 14.4. The van der Waals surface area contributed by atoms with Gasteiger partial charge in [0.1, 0.15) is 0 Å². The van der Waals surface area contributed by atoms with Crippen molar-refractivity contribution in [2.45, 2.75) is 18.8 Å². The molecule has 102 valence electrons. The van der Waals surface area contributed by atoms with Crippen LogP contribution in [0, 0.1) is 11.8 Å². The van der Waals surface area contributed by atoms with E-state index in [9.17, 15) is 0 Å². The smallest absolute Gasteiger partial charge is 0.0195 e. The average molecular weight is 270 g/mol. The summed E-state index contributed by atoms with van der Waals surface area (Å²) in [6.45, 7) is 2.31. The summed E-state index contributed by atoms with van der Waals surface area (Å²) in [5.41, 5.74) is 7.73. The molecule has 2 unspecified atom stereocenters. The van der Waals surface area contributed by atoms with Gasteiger partial charge >= 0.3 is 0 Å². The minimum atomic E-state index is 0.487. The van der Waals surface area contributed by atoms with Crippen molar-refractivity contribution >= 4 is 0 Å². The average Bonchev–Trinajstić information content (AvgIpc) is 2.50. The second-order valence-corrected chi connectivity index (χ2v) is 6.61. The number of hydrogen-bond acceptors (Lipinski definition) is 0. The second kappa shape index (κ2) is 3.98. The van der Waals surface area contributed by atoms with Gasteiger partial charge in [0.25, 0.3) is 0 Å². The van der Waals surface area contributed by atoms with Gasteiger partial charge in [-0.25, -0.2) is 0 Å². The van der Waals surface area contributed by atoms with E-state index in [1.807, 2.05) is 0 Å². The van der Waals surface area contributed by atoms with E-state index in [2.05, 4.69) is 73.7 Å². The van der Waals surface area contributed by atoms with Gasteiger partial charge < -0.3 is 0 Å². The Labute approximate surface area is 125 Å². The third-order valence-corrected chi connectivity index (χ3v) is 5.60. The maximum atomic E-state index is 2.51. The number of rotatable bonds is 0. The molecule has 0 saturated heterocycles. The standard InChI is InChI=1S/C21H18/c1-13-12-14-10-11-15(13)21-18-8-4-2-6-16(18)20(14)17-7-3-5-9-19(17)21/h2-12,14-15,20-21H,1H3. The first-order valence-corrected chi connectivity index (χ1v) is 7.89. The molecule has 0 heterocycles. The summed E-state index contributed by atoms with van der Waals surface area (Å²) in [6.07, 6.45) is 7.42. The molecule has 21 heavy (non-hydrogen) atoms. The molecule has 0 aliphatic heterocycles. The van der Waals surface area contributed by atoms with E-state index < -0.39 is 0 Å². The summed E-state index contributed by atoms with van der Waals surface area (Å²) >= 11 is 0. The Morgan fingerprint density at radius 2 is 1.19 bits per heavy atom. The Kier molecular flexibility index (Phi) is 2.19. The lowest BCUT2D eigenvalue weighted by Gasteiger charge is -2.44. The van der Waals surface area contributed by atoms with E-state index in [-0.39, 0.29) is 0 Å². The van der Waals surface area contributed by atoms with Crippen molar-refractivity contribution in [2.75, 3.05) is 0 Å². The molecule has 8 rings (SSSR count). The monoisotopic (exact) mass is 270 g/mol. The van der Waals surface area contributed by atoms with Crippen LogP contribution >= 0.6 is 0 Å². The van der Waals surface area contributed by atoms with Crippen LogP contribution in [0.4, 0.5) is 0 Å². The van der Waals surface area contributed by atoms with Crippen LogP contribution in [0.3, 0.4) is 0 Å². The van der Waals surface area contributed by atoms with Gasteiger partial charge in [-0.15, -0.1) is 0 Å². The highest BCUT2D eigenvalue weighted by Gasteiger charge is 2.42. The van der Waals surface area contributed by atoms with E-state index in [1.54, 1.807) is 27.8 Å². The van der Waals surface area contributed by atoms with Gasteiger partial charge in [-0.05, 0) is 29.2 Å². The number of allylic oxidation sites excluding steroid dienone is 4. The topological polar surface area (TPSA) is 0 Å². The van der Waals surface area contributed by atoms with Crippen LogP contribution in [0.1, 0.15) is 41.0 Å². The number of hydrogen-bond donors (Lipinski definition) is 0. The molecule has 0 fully saturated rings. The van der Waals surface area contributed by atoms with Crippen molar-refractivity contribution in [1.29, 1.82) is 0 Å². The molecule has 6 aliphatic rings. The molecule has 0 nitrogen and oxygen atoms in total. The SMILES string of the molecule is CC1=CC2C=CC1C1c3ccccc3C2c2ccccc21. The van der Waals surface area contributed by atoms with Crippen molar-refractivity contribution in [1.82, 2.24) is 0 Å². The molecule has 0 saturated carbocycles. The molecular weight excluding hydrogens is 252 g/mol. The van der Waals surface area contributed by atoms with Gasteiger partial charge in [-0.1, -0.05) is 72.3 Å². The number of benzene rings is 2. The van der Waals surface area contributed by atoms with Crippen molar-refractivity contribution in [3.8, 4) is 0 Å². The second-order valence-electron chi connectivity index (χ2n) is 6.61. The van der Waals surface area contributed by atoms with E-state index in [0.717, 1.165) is 0 Å². The fourth-order valence-electron chi connectivity index (χ4n) is 4.74. The van der Waals surface area contributed by atoms with Gasteiger partial charge in [-0.2, -0.15) is 0 Å². The van der Waals surface area contributed by atoms with Crippen molar-refractivity contribution in [3.63, 3.8) is 0 Å². The fraction of sp³-hybridized carbons (Fsp3) is 0.238. The van der Waals surface area contributed by atoms with Gasteiger partial charge in [-0.3, -0.25) is 0 Å². The Balaban J connectivity index is 1.91. The van der Waals surface area contributed by atoms with Crippen LogP contribution in [0.15, 0.2) is 72.3 Å². The summed E-state index contributed by atoms with van der Waals surface area (Å²) in [5.74, 6) is 2.00. The Hall–Kier alpha value is -2.08. The first-order chi connectivity index (χ1) is 10.3. The van der Waals surface area contributed by atoms with Crippen LogP contribution in [-0.4, -0.2) is 0 Å². The predicted octanol–water partition coefficient (Wildman–Crippen LogP) is 5.03. The van der Waals surface area contributed by atoms with Crippen LogP contribution in [0.25, 0.3) is 0 Å². The lowest BCUT2D eigenvalue weighted by molar-refractivity contribution is 0.518. The predicted molar refractivity (Wildman–Crippen MR) is 86.4 cm³/mol. The molecule has 0 radical (unpaired) electrons. The zero-order valence-electron chi connectivity index (χ0n) is 12.2. The normalized spacial score (nSPS) is 31.2. The molecule has 6 aliphatic carbocycles. The summed E-state index contributed by atoms with van der Waals surface area (Å²) in [4.78, 5) is 0. The quantitative estimate of drug-likeness (QED) is 0.589. The van der Waals surface area contributed by atoms with E-state index in [0.29, 0.717) is 23.7 Å². The van der Waals surface area contributed by atoms with Crippen LogP contribution in [0.2, 0.25) is 0 Å². The maximum Gasteiger partial charge on any atom is 0.0195 e. The molecule has 2 atom stereocenters. The van der Waals surface area contributed by atoms with Gasteiger partial charge in [0.05, 0.1) is 0 Å². The molecular formula is C21H18. The maximum absolute atomic E-state index is 2.51. The third kappa shape index (κ3) is 1.40. The summed E-state index contributed by atoms with van der Waals surface area (Å²) < 4.78 is 0. The van der Waals surface area contributed by atoms with Gasteiger partial charge in [0, 0.05) is 23.7 Å². The van der Waals surface area contributed by atoms with Crippen LogP contribution in [-0.2, 0) is 0 Å².